The van der Waals surface area contributed by atoms with Crippen LogP contribution in [0.5, 0.6) is 0 Å². The zero-order valence-electron chi connectivity index (χ0n) is 17.2. The fourth-order valence-electron chi connectivity index (χ4n) is 4.94. The normalized spacial score (nSPS) is 27.1. The lowest BCUT2D eigenvalue weighted by molar-refractivity contribution is -0.245. The minimum atomic E-state index is -0.392. The predicted octanol–water partition coefficient (Wildman–Crippen LogP) is 6.10. The Bertz CT molecular complexity index is 345. The number of methoxy groups -OCH3 is 2. The molecule has 1 saturated heterocycles. The molecule has 0 aromatic rings. The van der Waals surface area contributed by atoms with Gasteiger partial charge in [0.05, 0.1) is 12.2 Å². The summed E-state index contributed by atoms with van der Waals surface area (Å²) in [7, 11) is 3.65. The highest BCUT2D eigenvalue weighted by Gasteiger charge is 2.44. The number of hydrogen-bond acceptors (Lipinski definition) is 3. The Labute approximate surface area is 156 Å². The molecule has 0 amide bonds. The van der Waals surface area contributed by atoms with E-state index in [1.54, 1.807) is 0 Å². The Morgan fingerprint density at radius 3 is 2.28 bits per heavy atom. The molecule has 2 rings (SSSR count). The first-order chi connectivity index (χ1) is 12.2. The number of epoxide rings is 1. The summed E-state index contributed by atoms with van der Waals surface area (Å²) >= 11 is 0. The van der Waals surface area contributed by atoms with Gasteiger partial charge in [0.1, 0.15) is 0 Å². The molecule has 1 aliphatic carbocycles. The maximum atomic E-state index is 5.92. The molecule has 0 N–H and O–H groups in total. The molecule has 148 valence electrons. The van der Waals surface area contributed by atoms with Gasteiger partial charge in [-0.05, 0) is 50.9 Å². The van der Waals surface area contributed by atoms with E-state index >= 15 is 0 Å². The van der Waals surface area contributed by atoms with E-state index < -0.39 is 5.79 Å². The van der Waals surface area contributed by atoms with Gasteiger partial charge in [-0.25, -0.2) is 0 Å². The highest BCUT2D eigenvalue weighted by atomic mass is 16.7. The largest absolute Gasteiger partial charge is 0.370 e. The minimum absolute atomic E-state index is 0.392. The Kier molecular flexibility index (Phi) is 9.23. The molecule has 0 aromatic carbocycles. The summed E-state index contributed by atoms with van der Waals surface area (Å²) in [5.41, 5.74) is 0. The van der Waals surface area contributed by atoms with Crippen LogP contribution in [0.4, 0.5) is 0 Å². The maximum Gasteiger partial charge on any atom is 0.170 e. The second-order valence-corrected chi connectivity index (χ2v) is 8.30. The molecule has 3 heteroatoms. The molecule has 0 bridgehead atoms. The van der Waals surface area contributed by atoms with Crippen molar-refractivity contribution in [3.05, 3.63) is 0 Å². The van der Waals surface area contributed by atoms with Gasteiger partial charge in [0.15, 0.2) is 5.79 Å². The average molecular weight is 355 g/mol. The molecule has 4 unspecified atom stereocenters. The van der Waals surface area contributed by atoms with Crippen LogP contribution in [0, 0.1) is 11.8 Å². The van der Waals surface area contributed by atoms with Crippen LogP contribution in [-0.4, -0.2) is 32.2 Å². The first-order valence-corrected chi connectivity index (χ1v) is 10.9. The number of rotatable bonds is 14. The number of fused-ring (bicyclic) bond motifs is 1. The van der Waals surface area contributed by atoms with Crippen molar-refractivity contribution < 1.29 is 14.2 Å². The molecule has 1 heterocycles. The van der Waals surface area contributed by atoms with E-state index in [2.05, 4.69) is 13.8 Å². The molecular formula is C22H42O3. The fourth-order valence-corrected chi connectivity index (χ4v) is 4.94. The number of hydrogen-bond donors (Lipinski definition) is 0. The summed E-state index contributed by atoms with van der Waals surface area (Å²) in [4.78, 5) is 0. The lowest BCUT2D eigenvalue weighted by Gasteiger charge is -2.38. The van der Waals surface area contributed by atoms with E-state index in [4.69, 9.17) is 14.2 Å². The Hall–Kier alpha value is -0.120. The smallest absolute Gasteiger partial charge is 0.170 e. The van der Waals surface area contributed by atoms with E-state index in [0.717, 1.165) is 12.3 Å². The average Bonchev–Trinajstić information content (AvgIpc) is 3.42. The fraction of sp³-hybridized carbons (Fsp3) is 1.00. The van der Waals surface area contributed by atoms with Gasteiger partial charge in [0.25, 0.3) is 0 Å². The first kappa shape index (κ1) is 21.2. The van der Waals surface area contributed by atoms with Gasteiger partial charge >= 0.3 is 0 Å². The number of unbranched alkanes of at least 4 members (excludes halogenated alkanes) is 5. The van der Waals surface area contributed by atoms with Crippen LogP contribution in [0.15, 0.2) is 0 Å². The molecule has 4 atom stereocenters. The molecule has 2 aliphatic rings. The Balaban J connectivity index is 1.80. The van der Waals surface area contributed by atoms with Gasteiger partial charge in [-0.3, -0.25) is 0 Å². The van der Waals surface area contributed by atoms with Gasteiger partial charge in [0.2, 0.25) is 0 Å². The molecule has 25 heavy (non-hydrogen) atoms. The third kappa shape index (κ3) is 6.22. The highest BCUT2D eigenvalue weighted by molar-refractivity contribution is 4.92. The zero-order chi connectivity index (χ0) is 18.1. The van der Waals surface area contributed by atoms with Crippen LogP contribution in [0.3, 0.4) is 0 Å². The van der Waals surface area contributed by atoms with E-state index in [0.29, 0.717) is 18.1 Å². The lowest BCUT2D eigenvalue weighted by atomic mass is 9.80. The topological polar surface area (TPSA) is 31.0 Å². The van der Waals surface area contributed by atoms with Crippen molar-refractivity contribution in [2.45, 2.75) is 115 Å². The summed E-state index contributed by atoms with van der Waals surface area (Å²) in [5.74, 6) is 0.965. The monoisotopic (exact) mass is 354 g/mol. The van der Waals surface area contributed by atoms with Crippen LogP contribution < -0.4 is 0 Å². The SMILES string of the molecule is CCCCCCCCC(CCC1CCC2OC2C1)C(CC)(OC)OC. The minimum Gasteiger partial charge on any atom is -0.370 e. The summed E-state index contributed by atoms with van der Waals surface area (Å²) < 4.78 is 17.5. The van der Waals surface area contributed by atoms with Crippen molar-refractivity contribution in [2.24, 2.45) is 11.8 Å². The molecule has 0 aromatic heterocycles. The van der Waals surface area contributed by atoms with E-state index in [1.807, 2.05) is 14.2 Å². The summed E-state index contributed by atoms with van der Waals surface area (Å²) in [6.45, 7) is 4.48. The maximum absolute atomic E-state index is 5.92. The van der Waals surface area contributed by atoms with Crippen molar-refractivity contribution in [2.75, 3.05) is 14.2 Å². The highest BCUT2D eigenvalue weighted by Crippen LogP contribution is 2.43. The molecule has 0 radical (unpaired) electrons. The van der Waals surface area contributed by atoms with Crippen LogP contribution >= 0.6 is 0 Å². The second-order valence-electron chi connectivity index (χ2n) is 8.30. The quantitative estimate of drug-likeness (QED) is 0.214. The van der Waals surface area contributed by atoms with Gasteiger partial charge in [-0.15, -0.1) is 0 Å². The van der Waals surface area contributed by atoms with Crippen LogP contribution in [0.1, 0.15) is 97.3 Å². The Morgan fingerprint density at radius 2 is 1.64 bits per heavy atom. The van der Waals surface area contributed by atoms with Crippen LogP contribution in [0.2, 0.25) is 0 Å². The third-order valence-corrected chi connectivity index (χ3v) is 6.75. The van der Waals surface area contributed by atoms with E-state index in [9.17, 15) is 0 Å². The van der Waals surface area contributed by atoms with Gasteiger partial charge in [-0.2, -0.15) is 0 Å². The van der Waals surface area contributed by atoms with Crippen LogP contribution in [-0.2, 0) is 14.2 Å². The lowest BCUT2D eigenvalue weighted by Crippen LogP contribution is -2.41. The van der Waals surface area contributed by atoms with Crippen LogP contribution in [0.25, 0.3) is 0 Å². The number of ether oxygens (including phenoxy) is 3. The standard InChI is InChI=1S/C22H42O3/c1-5-7-8-9-10-11-12-19(22(6-2,23-3)24-4)15-13-18-14-16-20-21(17-18)25-20/h18-21H,5-17H2,1-4H3. The molecule has 2 fully saturated rings. The first-order valence-electron chi connectivity index (χ1n) is 10.9. The molecular weight excluding hydrogens is 312 g/mol. The molecule has 1 aliphatic heterocycles. The van der Waals surface area contributed by atoms with Crippen molar-refractivity contribution in [1.82, 2.24) is 0 Å². The Morgan fingerprint density at radius 1 is 0.920 bits per heavy atom. The molecule has 3 nitrogen and oxygen atoms in total. The predicted molar refractivity (Wildman–Crippen MR) is 104 cm³/mol. The van der Waals surface area contributed by atoms with E-state index in [1.165, 1.54) is 77.0 Å². The summed E-state index contributed by atoms with van der Waals surface area (Å²) in [5, 5.41) is 0. The molecule has 0 spiro atoms. The van der Waals surface area contributed by atoms with Crippen molar-refractivity contribution >= 4 is 0 Å². The molecule has 1 saturated carbocycles. The summed E-state index contributed by atoms with van der Waals surface area (Å²) in [6, 6.07) is 0. The van der Waals surface area contributed by atoms with Crippen molar-refractivity contribution in [1.29, 1.82) is 0 Å². The second kappa shape index (κ2) is 10.9. The third-order valence-electron chi connectivity index (χ3n) is 6.75. The van der Waals surface area contributed by atoms with Crippen molar-refractivity contribution in [3.63, 3.8) is 0 Å². The zero-order valence-corrected chi connectivity index (χ0v) is 17.2. The van der Waals surface area contributed by atoms with E-state index in [-0.39, 0.29) is 0 Å². The van der Waals surface area contributed by atoms with Crippen molar-refractivity contribution in [3.8, 4) is 0 Å². The van der Waals surface area contributed by atoms with Gasteiger partial charge in [0, 0.05) is 20.1 Å². The van der Waals surface area contributed by atoms with Gasteiger partial charge < -0.3 is 14.2 Å². The van der Waals surface area contributed by atoms with Gasteiger partial charge in [-0.1, -0.05) is 52.4 Å². The summed E-state index contributed by atoms with van der Waals surface area (Å²) in [6.07, 6.45) is 18.0.